The second-order valence-electron chi connectivity index (χ2n) is 6.75. The number of hydrogen-bond donors (Lipinski definition) is 2. The Kier molecular flexibility index (Phi) is 5.17. The SMILES string of the molecule is CC(C(=O)Nc1cccc(-c2ccccc2)c1)C1Sc2ccccc2NC1=O. The molecule has 0 fully saturated rings. The quantitative estimate of drug-likeness (QED) is 0.658. The number of carbonyl (C=O) groups excluding carboxylic acids is 2. The molecule has 0 spiro atoms. The van der Waals surface area contributed by atoms with Crippen LogP contribution in [0, 0.1) is 5.92 Å². The first-order valence-electron chi connectivity index (χ1n) is 9.15. The Labute approximate surface area is 168 Å². The number of rotatable bonds is 4. The summed E-state index contributed by atoms with van der Waals surface area (Å²) in [6.45, 7) is 1.79. The fourth-order valence-electron chi connectivity index (χ4n) is 3.20. The molecule has 4 nitrogen and oxygen atoms in total. The highest BCUT2D eigenvalue weighted by molar-refractivity contribution is 8.01. The average molecular weight is 388 g/mol. The number of thioether (sulfide) groups is 1. The molecule has 2 unspecified atom stereocenters. The molecule has 0 bridgehead atoms. The molecule has 4 rings (SSSR count). The second kappa shape index (κ2) is 7.90. The molecule has 3 aromatic rings. The molecule has 2 N–H and O–H groups in total. The van der Waals surface area contributed by atoms with Crippen LogP contribution in [0.3, 0.4) is 0 Å². The molecule has 0 aliphatic carbocycles. The van der Waals surface area contributed by atoms with Crippen LogP contribution in [0.1, 0.15) is 6.92 Å². The second-order valence-corrected chi connectivity index (χ2v) is 7.93. The summed E-state index contributed by atoms with van der Waals surface area (Å²) in [4.78, 5) is 26.3. The van der Waals surface area contributed by atoms with Crippen molar-refractivity contribution < 1.29 is 9.59 Å². The van der Waals surface area contributed by atoms with Crippen molar-refractivity contribution in [1.82, 2.24) is 0 Å². The Bertz CT molecular complexity index is 1020. The lowest BCUT2D eigenvalue weighted by Crippen LogP contribution is -2.39. The number of fused-ring (bicyclic) bond motifs is 1. The zero-order valence-electron chi connectivity index (χ0n) is 15.4. The molecule has 0 radical (unpaired) electrons. The highest BCUT2D eigenvalue weighted by Gasteiger charge is 2.35. The number of anilines is 2. The van der Waals surface area contributed by atoms with Crippen LogP contribution in [0.5, 0.6) is 0 Å². The van der Waals surface area contributed by atoms with Crippen molar-refractivity contribution in [3.63, 3.8) is 0 Å². The predicted octanol–water partition coefficient (Wildman–Crippen LogP) is 5.04. The zero-order chi connectivity index (χ0) is 19.5. The minimum absolute atomic E-state index is 0.135. The van der Waals surface area contributed by atoms with Crippen LogP contribution >= 0.6 is 11.8 Å². The Balaban J connectivity index is 1.49. The van der Waals surface area contributed by atoms with Crippen LogP contribution in [0.2, 0.25) is 0 Å². The average Bonchev–Trinajstić information content (AvgIpc) is 2.73. The summed E-state index contributed by atoms with van der Waals surface area (Å²) < 4.78 is 0. The van der Waals surface area contributed by atoms with Gasteiger partial charge in [0.2, 0.25) is 11.8 Å². The summed E-state index contributed by atoms with van der Waals surface area (Å²) in [5.41, 5.74) is 3.65. The molecule has 0 saturated carbocycles. The number of carbonyl (C=O) groups is 2. The van der Waals surface area contributed by atoms with E-state index in [1.165, 1.54) is 11.8 Å². The lowest BCUT2D eigenvalue weighted by atomic mass is 10.0. The van der Waals surface area contributed by atoms with E-state index < -0.39 is 11.2 Å². The van der Waals surface area contributed by atoms with Crippen molar-refractivity contribution in [2.24, 2.45) is 5.92 Å². The molecule has 2 amide bonds. The van der Waals surface area contributed by atoms with E-state index in [4.69, 9.17) is 0 Å². The zero-order valence-corrected chi connectivity index (χ0v) is 16.2. The Morgan fingerprint density at radius 1 is 0.964 bits per heavy atom. The van der Waals surface area contributed by atoms with Gasteiger partial charge in [-0.05, 0) is 35.4 Å². The highest BCUT2D eigenvalue weighted by Crippen LogP contribution is 2.38. The summed E-state index contributed by atoms with van der Waals surface area (Å²) >= 11 is 1.44. The van der Waals surface area contributed by atoms with Gasteiger partial charge >= 0.3 is 0 Å². The van der Waals surface area contributed by atoms with E-state index in [1.54, 1.807) is 6.92 Å². The maximum absolute atomic E-state index is 12.8. The van der Waals surface area contributed by atoms with E-state index in [0.717, 1.165) is 27.4 Å². The lowest BCUT2D eigenvalue weighted by molar-refractivity contribution is -0.123. The Morgan fingerprint density at radius 3 is 2.50 bits per heavy atom. The van der Waals surface area contributed by atoms with E-state index >= 15 is 0 Å². The maximum Gasteiger partial charge on any atom is 0.238 e. The van der Waals surface area contributed by atoms with Crippen LogP contribution in [-0.4, -0.2) is 17.1 Å². The largest absolute Gasteiger partial charge is 0.326 e. The number of para-hydroxylation sites is 1. The molecule has 1 heterocycles. The van der Waals surface area contributed by atoms with Crippen LogP contribution < -0.4 is 10.6 Å². The van der Waals surface area contributed by atoms with Crippen molar-refractivity contribution in [1.29, 1.82) is 0 Å². The minimum Gasteiger partial charge on any atom is -0.326 e. The summed E-state index contributed by atoms with van der Waals surface area (Å²) in [5.74, 6) is -0.777. The molecule has 140 valence electrons. The van der Waals surface area contributed by atoms with E-state index in [1.807, 2.05) is 78.9 Å². The number of nitrogens with one attached hydrogen (secondary N) is 2. The highest BCUT2D eigenvalue weighted by atomic mass is 32.2. The van der Waals surface area contributed by atoms with E-state index in [9.17, 15) is 9.59 Å². The molecule has 2 atom stereocenters. The topological polar surface area (TPSA) is 58.2 Å². The molecule has 0 saturated heterocycles. The summed E-state index contributed by atoms with van der Waals surface area (Å²) in [7, 11) is 0. The van der Waals surface area contributed by atoms with Gasteiger partial charge < -0.3 is 10.6 Å². The van der Waals surface area contributed by atoms with Gasteiger partial charge in [0.05, 0.1) is 16.9 Å². The molecular formula is C23H20N2O2S. The van der Waals surface area contributed by atoms with E-state index in [-0.39, 0.29) is 11.8 Å². The first-order valence-corrected chi connectivity index (χ1v) is 10.0. The first kappa shape index (κ1) is 18.3. The fraction of sp³-hybridized carbons (Fsp3) is 0.130. The van der Waals surface area contributed by atoms with Gasteiger partial charge in [0.25, 0.3) is 0 Å². The van der Waals surface area contributed by atoms with Gasteiger partial charge in [0.15, 0.2) is 0 Å². The fourth-order valence-corrected chi connectivity index (χ4v) is 4.37. The molecule has 0 aromatic heterocycles. The van der Waals surface area contributed by atoms with Crippen LogP contribution in [0.4, 0.5) is 11.4 Å². The Morgan fingerprint density at radius 2 is 1.68 bits per heavy atom. The van der Waals surface area contributed by atoms with Crippen molar-refractivity contribution >= 4 is 35.0 Å². The van der Waals surface area contributed by atoms with Gasteiger partial charge in [-0.2, -0.15) is 0 Å². The third kappa shape index (κ3) is 3.80. The molecule has 3 aromatic carbocycles. The van der Waals surface area contributed by atoms with Gasteiger partial charge in [-0.15, -0.1) is 11.8 Å². The molecule has 28 heavy (non-hydrogen) atoms. The standard InChI is InChI=1S/C23H20N2O2S/c1-15(21-23(27)25-19-12-5-6-13-20(19)28-21)22(26)24-18-11-7-10-17(14-18)16-8-3-2-4-9-16/h2-15,21H,1H3,(H,24,26)(H,25,27). The maximum atomic E-state index is 12.8. The number of benzene rings is 3. The third-order valence-corrected chi connectivity index (χ3v) is 6.25. The van der Waals surface area contributed by atoms with E-state index in [2.05, 4.69) is 10.6 Å². The molecule has 1 aliphatic rings. The van der Waals surface area contributed by atoms with Gasteiger partial charge in [0, 0.05) is 10.6 Å². The van der Waals surface area contributed by atoms with Crippen LogP contribution in [-0.2, 0) is 9.59 Å². The minimum atomic E-state index is -0.473. The molecule has 1 aliphatic heterocycles. The van der Waals surface area contributed by atoms with Crippen LogP contribution in [0.25, 0.3) is 11.1 Å². The molecular weight excluding hydrogens is 368 g/mol. The van der Waals surface area contributed by atoms with Crippen LogP contribution in [0.15, 0.2) is 83.8 Å². The van der Waals surface area contributed by atoms with Gasteiger partial charge in [-0.3, -0.25) is 9.59 Å². The normalized spacial score (nSPS) is 16.6. The number of amides is 2. The summed E-state index contributed by atoms with van der Waals surface area (Å²) in [6, 6.07) is 25.4. The van der Waals surface area contributed by atoms with Crippen molar-refractivity contribution in [2.45, 2.75) is 17.1 Å². The van der Waals surface area contributed by atoms with Crippen molar-refractivity contribution in [2.75, 3.05) is 10.6 Å². The monoisotopic (exact) mass is 388 g/mol. The summed E-state index contributed by atoms with van der Waals surface area (Å²) in [5, 5.41) is 5.40. The summed E-state index contributed by atoms with van der Waals surface area (Å²) in [6.07, 6.45) is 0. The predicted molar refractivity (Wildman–Crippen MR) is 114 cm³/mol. The van der Waals surface area contributed by atoms with Gasteiger partial charge in [-0.1, -0.05) is 61.5 Å². The van der Waals surface area contributed by atoms with Gasteiger partial charge in [-0.25, -0.2) is 0 Å². The lowest BCUT2D eigenvalue weighted by Gasteiger charge is -2.27. The smallest absolute Gasteiger partial charge is 0.238 e. The van der Waals surface area contributed by atoms with Gasteiger partial charge in [0.1, 0.15) is 0 Å². The van der Waals surface area contributed by atoms with Crippen molar-refractivity contribution in [3.05, 3.63) is 78.9 Å². The van der Waals surface area contributed by atoms with Crippen molar-refractivity contribution in [3.8, 4) is 11.1 Å². The third-order valence-electron chi connectivity index (χ3n) is 4.76. The van der Waals surface area contributed by atoms with E-state index in [0.29, 0.717) is 0 Å². The molecule has 5 heteroatoms. The Hall–Kier alpha value is -3.05. The number of hydrogen-bond acceptors (Lipinski definition) is 3. The first-order chi connectivity index (χ1) is 13.6.